The molecule has 2 saturated heterocycles. The van der Waals surface area contributed by atoms with Gasteiger partial charge in [-0.15, -0.1) is 0 Å². The maximum Gasteiger partial charge on any atom is 0.245 e. The minimum atomic E-state index is -0.0548. The normalized spacial score (nSPS) is 18.0. The highest BCUT2D eigenvalue weighted by Crippen LogP contribution is 2.41. The van der Waals surface area contributed by atoms with Crippen LogP contribution in [0.25, 0.3) is 11.2 Å². The summed E-state index contributed by atoms with van der Waals surface area (Å²) in [7, 11) is 3.58. The zero-order valence-corrected chi connectivity index (χ0v) is 20.0. The molecule has 4 heterocycles. The Hall–Kier alpha value is -3.17. The fourth-order valence-corrected chi connectivity index (χ4v) is 4.98. The van der Waals surface area contributed by atoms with Crippen molar-refractivity contribution in [2.24, 2.45) is 18.4 Å². The van der Waals surface area contributed by atoms with Gasteiger partial charge in [0.25, 0.3) is 0 Å². The van der Waals surface area contributed by atoms with Crippen LogP contribution in [0.5, 0.6) is 0 Å². The summed E-state index contributed by atoms with van der Waals surface area (Å²) >= 11 is 0. The molecule has 2 aromatic heterocycles. The Balaban J connectivity index is 1.58. The Morgan fingerprint density at radius 2 is 2.03 bits per heavy atom. The number of carbonyl (C=O) groups is 2. The highest BCUT2D eigenvalue weighted by molar-refractivity contribution is 5.88. The lowest BCUT2D eigenvalue weighted by atomic mass is 9.79. The first-order chi connectivity index (χ1) is 15.7. The van der Waals surface area contributed by atoms with Crippen molar-refractivity contribution in [2.75, 3.05) is 43.4 Å². The van der Waals surface area contributed by atoms with Crippen molar-refractivity contribution in [1.82, 2.24) is 29.7 Å². The van der Waals surface area contributed by atoms with Crippen molar-refractivity contribution in [3.63, 3.8) is 0 Å². The number of hydrogen-bond donors (Lipinski definition) is 2. The van der Waals surface area contributed by atoms with Gasteiger partial charge in [-0.05, 0) is 24.8 Å². The van der Waals surface area contributed by atoms with Gasteiger partial charge in [0.1, 0.15) is 5.52 Å². The lowest BCUT2D eigenvalue weighted by Gasteiger charge is -2.47. The number of rotatable bonds is 8. The summed E-state index contributed by atoms with van der Waals surface area (Å²) in [5.74, 6) is 1.74. The molecule has 1 atom stereocenters. The molecule has 0 aromatic carbocycles. The number of fused-ring (bicyclic) bond motifs is 1. The van der Waals surface area contributed by atoms with Crippen LogP contribution in [-0.4, -0.2) is 75.5 Å². The van der Waals surface area contributed by atoms with E-state index in [2.05, 4.69) is 40.9 Å². The van der Waals surface area contributed by atoms with Crippen molar-refractivity contribution >= 4 is 34.7 Å². The molecule has 33 heavy (non-hydrogen) atoms. The lowest BCUT2D eigenvalue weighted by molar-refractivity contribution is -0.136. The van der Waals surface area contributed by atoms with Crippen LogP contribution < -0.4 is 15.5 Å². The third-order valence-electron chi connectivity index (χ3n) is 6.63. The number of anilines is 2. The summed E-state index contributed by atoms with van der Waals surface area (Å²) in [6, 6.07) is -0.0548. The number of amides is 2. The summed E-state index contributed by atoms with van der Waals surface area (Å²) in [6.07, 6.45) is 5.31. The molecule has 2 aliphatic rings. The number of carbonyl (C=O) groups excluding carboxylic acids is 2. The zero-order chi connectivity index (χ0) is 23.8. The van der Waals surface area contributed by atoms with Crippen molar-refractivity contribution in [3.05, 3.63) is 19.0 Å². The Bertz CT molecular complexity index is 1060. The quantitative estimate of drug-likeness (QED) is 0.583. The van der Waals surface area contributed by atoms with E-state index in [4.69, 9.17) is 9.97 Å². The SMILES string of the molecule is C=CC(=O)N1CC2(CCN(c3nc(N[C@H](CC(=O)NC)CC(C)C)c4c(ncn4C)n3)C2)C1. The molecule has 0 saturated carbocycles. The smallest absolute Gasteiger partial charge is 0.245 e. The molecule has 0 aliphatic carbocycles. The summed E-state index contributed by atoms with van der Waals surface area (Å²) in [6.45, 7) is 11.0. The predicted molar refractivity (Wildman–Crippen MR) is 128 cm³/mol. The number of hydrogen-bond acceptors (Lipinski definition) is 7. The van der Waals surface area contributed by atoms with Crippen LogP contribution in [0.15, 0.2) is 19.0 Å². The van der Waals surface area contributed by atoms with Crippen LogP contribution in [0.4, 0.5) is 11.8 Å². The van der Waals surface area contributed by atoms with Crippen LogP contribution in [0.3, 0.4) is 0 Å². The first-order valence-corrected chi connectivity index (χ1v) is 11.6. The van der Waals surface area contributed by atoms with Crippen LogP contribution in [-0.2, 0) is 16.6 Å². The summed E-state index contributed by atoms with van der Waals surface area (Å²) in [5.41, 5.74) is 1.55. The Morgan fingerprint density at radius 1 is 1.27 bits per heavy atom. The summed E-state index contributed by atoms with van der Waals surface area (Å²) in [4.78, 5) is 42.1. The maximum atomic E-state index is 12.1. The Kier molecular flexibility index (Phi) is 6.27. The molecule has 0 radical (unpaired) electrons. The van der Waals surface area contributed by atoms with Gasteiger partial charge in [-0.25, -0.2) is 4.98 Å². The van der Waals surface area contributed by atoms with Gasteiger partial charge in [0.2, 0.25) is 17.8 Å². The van der Waals surface area contributed by atoms with Gasteiger partial charge in [0.05, 0.1) is 6.33 Å². The molecule has 2 aromatic rings. The number of nitrogens with one attached hydrogen (secondary N) is 2. The van der Waals surface area contributed by atoms with E-state index in [0.717, 1.165) is 44.5 Å². The van der Waals surface area contributed by atoms with Gasteiger partial charge in [0.15, 0.2) is 11.5 Å². The van der Waals surface area contributed by atoms with Gasteiger partial charge in [-0.1, -0.05) is 20.4 Å². The van der Waals surface area contributed by atoms with E-state index < -0.39 is 0 Å². The van der Waals surface area contributed by atoms with E-state index in [1.165, 1.54) is 6.08 Å². The van der Waals surface area contributed by atoms with E-state index >= 15 is 0 Å². The molecule has 10 nitrogen and oxygen atoms in total. The monoisotopic (exact) mass is 454 g/mol. The van der Waals surface area contributed by atoms with Gasteiger partial charge >= 0.3 is 0 Å². The van der Waals surface area contributed by atoms with Crippen LogP contribution >= 0.6 is 0 Å². The molecule has 1 spiro atoms. The highest BCUT2D eigenvalue weighted by Gasteiger charge is 2.49. The van der Waals surface area contributed by atoms with Crippen LogP contribution in [0.1, 0.15) is 33.1 Å². The Morgan fingerprint density at radius 3 is 2.70 bits per heavy atom. The number of aryl methyl sites for hydroxylation is 1. The number of likely N-dealkylation sites (tertiary alicyclic amines) is 1. The Labute approximate surface area is 194 Å². The van der Waals surface area contributed by atoms with Crippen molar-refractivity contribution in [1.29, 1.82) is 0 Å². The number of imidazole rings is 1. The van der Waals surface area contributed by atoms with E-state index in [0.29, 0.717) is 29.8 Å². The molecule has 178 valence electrons. The molecular weight excluding hydrogens is 420 g/mol. The van der Waals surface area contributed by atoms with E-state index in [9.17, 15) is 9.59 Å². The molecule has 10 heteroatoms. The summed E-state index contributed by atoms with van der Waals surface area (Å²) < 4.78 is 1.91. The first kappa shape index (κ1) is 23.0. The molecule has 2 aliphatic heterocycles. The van der Waals surface area contributed by atoms with Gasteiger partial charge < -0.3 is 25.0 Å². The molecule has 2 N–H and O–H groups in total. The lowest BCUT2D eigenvalue weighted by Crippen LogP contribution is -2.59. The van der Waals surface area contributed by atoms with Gasteiger partial charge in [-0.2, -0.15) is 9.97 Å². The second kappa shape index (κ2) is 8.99. The molecule has 0 bridgehead atoms. The standard InChI is InChI=1S/C23H34N8O2/c1-6-18(33)31-12-23(13-31)7-8-30(11-23)22-27-20-19(29(5)14-25-20)21(28-22)26-16(9-15(2)3)10-17(32)24-4/h6,14-16H,1,7-13H2,2-5H3,(H,24,32)(H,26,27,28)/t16-/m0/s1. The van der Waals surface area contributed by atoms with Crippen molar-refractivity contribution in [3.8, 4) is 0 Å². The maximum absolute atomic E-state index is 12.1. The fourth-order valence-electron chi connectivity index (χ4n) is 4.98. The topological polar surface area (TPSA) is 108 Å². The van der Waals surface area contributed by atoms with Gasteiger partial charge in [0, 0.05) is 58.2 Å². The average molecular weight is 455 g/mol. The number of nitrogens with zero attached hydrogens (tertiary/aromatic N) is 6. The van der Waals surface area contributed by atoms with Crippen molar-refractivity contribution in [2.45, 2.75) is 39.2 Å². The molecule has 0 unspecified atom stereocenters. The molecule has 2 fully saturated rings. The second-order valence-electron chi connectivity index (χ2n) is 9.82. The number of aromatic nitrogens is 4. The third kappa shape index (κ3) is 4.65. The predicted octanol–water partition coefficient (Wildman–Crippen LogP) is 1.55. The van der Waals surface area contributed by atoms with Gasteiger partial charge in [-0.3, -0.25) is 9.59 Å². The van der Waals surface area contributed by atoms with E-state index in [1.807, 2.05) is 16.5 Å². The minimum absolute atomic E-state index is 0.00577. The third-order valence-corrected chi connectivity index (χ3v) is 6.63. The van der Waals surface area contributed by atoms with E-state index in [-0.39, 0.29) is 23.3 Å². The van der Waals surface area contributed by atoms with Crippen molar-refractivity contribution < 1.29 is 9.59 Å². The highest BCUT2D eigenvalue weighted by atomic mass is 16.2. The molecular formula is C23H34N8O2. The summed E-state index contributed by atoms with van der Waals surface area (Å²) in [5, 5.41) is 6.24. The molecule has 2 amide bonds. The fraction of sp³-hybridized carbons (Fsp3) is 0.609. The molecule has 4 rings (SSSR count). The zero-order valence-electron chi connectivity index (χ0n) is 20.0. The second-order valence-corrected chi connectivity index (χ2v) is 9.82. The van der Waals surface area contributed by atoms with Crippen LogP contribution in [0.2, 0.25) is 0 Å². The van der Waals surface area contributed by atoms with E-state index in [1.54, 1.807) is 13.4 Å². The average Bonchev–Trinajstić information content (AvgIpc) is 3.36. The van der Waals surface area contributed by atoms with Crippen LogP contribution in [0, 0.1) is 11.3 Å². The minimum Gasteiger partial charge on any atom is -0.365 e. The first-order valence-electron chi connectivity index (χ1n) is 11.6. The largest absolute Gasteiger partial charge is 0.365 e.